The number of benzene rings is 1. The standard InChI is InChI=1S/C14H11F6N3O2/c15-13(16,17)11-5-7-23(22-11)8-6-21-12(24)9-1-3-10(4-2-9)25-14(18,19)20/h1-5,7H,6,8H2,(H,21,24). The highest BCUT2D eigenvalue weighted by Gasteiger charge is 2.33. The van der Waals surface area contributed by atoms with Gasteiger partial charge in [-0.1, -0.05) is 0 Å². The number of nitrogens with one attached hydrogen (secondary N) is 1. The summed E-state index contributed by atoms with van der Waals surface area (Å²) in [5.41, 5.74) is -0.968. The summed E-state index contributed by atoms with van der Waals surface area (Å²) in [6.07, 6.45) is -8.25. The fourth-order valence-corrected chi connectivity index (χ4v) is 1.83. The third-order valence-corrected chi connectivity index (χ3v) is 2.91. The van der Waals surface area contributed by atoms with Gasteiger partial charge in [0.1, 0.15) is 5.75 Å². The Hall–Kier alpha value is -2.72. The van der Waals surface area contributed by atoms with E-state index < -0.39 is 29.9 Å². The van der Waals surface area contributed by atoms with Crippen molar-refractivity contribution >= 4 is 5.91 Å². The van der Waals surface area contributed by atoms with Gasteiger partial charge < -0.3 is 10.1 Å². The normalized spacial score (nSPS) is 12.1. The Morgan fingerprint density at radius 1 is 1.08 bits per heavy atom. The third-order valence-electron chi connectivity index (χ3n) is 2.91. The number of halogens is 6. The van der Waals surface area contributed by atoms with E-state index in [2.05, 4.69) is 15.2 Å². The van der Waals surface area contributed by atoms with Crippen LogP contribution in [0.3, 0.4) is 0 Å². The Morgan fingerprint density at radius 2 is 1.72 bits per heavy atom. The van der Waals surface area contributed by atoms with Crippen LogP contribution in [-0.2, 0) is 12.7 Å². The molecule has 0 atom stereocenters. The molecule has 0 unspecified atom stereocenters. The lowest BCUT2D eigenvalue weighted by Crippen LogP contribution is -2.27. The van der Waals surface area contributed by atoms with E-state index in [9.17, 15) is 31.1 Å². The van der Waals surface area contributed by atoms with Gasteiger partial charge in [-0.05, 0) is 30.3 Å². The zero-order valence-electron chi connectivity index (χ0n) is 12.4. The number of hydrogen-bond donors (Lipinski definition) is 1. The van der Waals surface area contributed by atoms with Crippen molar-refractivity contribution in [3.63, 3.8) is 0 Å². The summed E-state index contributed by atoms with van der Waals surface area (Å²) in [5, 5.41) is 5.73. The summed E-state index contributed by atoms with van der Waals surface area (Å²) in [6, 6.07) is 5.02. The van der Waals surface area contributed by atoms with Gasteiger partial charge in [0.15, 0.2) is 5.69 Å². The van der Waals surface area contributed by atoms with Crippen molar-refractivity contribution in [2.24, 2.45) is 0 Å². The van der Waals surface area contributed by atoms with E-state index >= 15 is 0 Å². The first-order chi connectivity index (χ1) is 11.5. The molecule has 0 radical (unpaired) electrons. The molecule has 0 fully saturated rings. The van der Waals surface area contributed by atoms with Gasteiger partial charge in [-0.3, -0.25) is 9.48 Å². The summed E-state index contributed by atoms with van der Waals surface area (Å²) >= 11 is 0. The van der Waals surface area contributed by atoms with Crippen molar-refractivity contribution in [1.82, 2.24) is 15.1 Å². The zero-order chi connectivity index (χ0) is 18.7. The molecule has 1 amide bonds. The lowest BCUT2D eigenvalue weighted by atomic mass is 10.2. The van der Waals surface area contributed by atoms with Crippen LogP contribution in [-0.4, -0.2) is 28.6 Å². The predicted octanol–water partition coefficient (Wildman–Crippen LogP) is 3.23. The average molecular weight is 367 g/mol. The molecule has 1 heterocycles. The molecule has 1 aromatic carbocycles. The first-order valence-electron chi connectivity index (χ1n) is 6.79. The van der Waals surface area contributed by atoms with Crippen molar-refractivity contribution in [3.8, 4) is 5.75 Å². The Labute approximate surface area is 137 Å². The number of ether oxygens (including phenoxy) is 1. The number of aromatic nitrogens is 2. The SMILES string of the molecule is O=C(NCCn1ccc(C(F)(F)F)n1)c1ccc(OC(F)(F)F)cc1. The molecule has 0 aliphatic rings. The van der Waals surface area contributed by atoms with Crippen LogP contribution in [0.1, 0.15) is 16.1 Å². The van der Waals surface area contributed by atoms with E-state index in [1.165, 1.54) is 0 Å². The smallest absolute Gasteiger partial charge is 0.406 e. The van der Waals surface area contributed by atoms with Gasteiger partial charge in [0, 0.05) is 18.3 Å². The maximum Gasteiger partial charge on any atom is 0.573 e. The van der Waals surface area contributed by atoms with Crippen LogP contribution in [0, 0.1) is 0 Å². The van der Waals surface area contributed by atoms with Gasteiger partial charge in [0.05, 0.1) is 6.54 Å². The Kier molecular flexibility index (Phi) is 5.24. The lowest BCUT2D eigenvalue weighted by Gasteiger charge is -2.09. The maximum atomic E-state index is 12.4. The molecule has 136 valence electrons. The van der Waals surface area contributed by atoms with Gasteiger partial charge in [0.25, 0.3) is 5.91 Å². The van der Waals surface area contributed by atoms with Crippen molar-refractivity contribution in [3.05, 3.63) is 47.8 Å². The molecule has 2 aromatic rings. The molecule has 0 saturated carbocycles. The van der Waals surface area contributed by atoms with Gasteiger partial charge in [-0.2, -0.15) is 18.3 Å². The fourth-order valence-electron chi connectivity index (χ4n) is 1.83. The highest BCUT2D eigenvalue weighted by atomic mass is 19.4. The van der Waals surface area contributed by atoms with Crippen LogP contribution < -0.4 is 10.1 Å². The molecule has 0 aliphatic carbocycles. The Bertz CT molecular complexity index is 721. The molecule has 0 spiro atoms. The maximum absolute atomic E-state index is 12.4. The number of hydrogen-bond acceptors (Lipinski definition) is 3. The highest BCUT2D eigenvalue weighted by Crippen LogP contribution is 2.27. The fraction of sp³-hybridized carbons (Fsp3) is 0.286. The van der Waals surface area contributed by atoms with E-state index in [1.54, 1.807) is 0 Å². The molecule has 1 N–H and O–H groups in total. The summed E-state index contributed by atoms with van der Waals surface area (Å²) in [6.45, 7) is -0.0182. The lowest BCUT2D eigenvalue weighted by molar-refractivity contribution is -0.274. The molecule has 25 heavy (non-hydrogen) atoms. The zero-order valence-corrected chi connectivity index (χ0v) is 12.4. The summed E-state index contributed by atoms with van der Waals surface area (Å²) in [5.74, 6) is -1.07. The number of alkyl halides is 6. The van der Waals surface area contributed by atoms with Crippen molar-refractivity contribution in [1.29, 1.82) is 0 Å². The molecule has 0 saturated heterocycles. The minimum atomic E-state index is -4.83. The molecule has 2 rings (SSSR count). The van der Waals surface area contributed by atoms with Crippen LogP contribution in [0.5, 0.6) is 5.75 Å². The van der Waals surface area contributed by atoms with Crippen molar-refractivity contribution in [2.45, 2.75) is 19.1 Å². The third kappa shape index (κ3) is 5.69. The number of amides is 1. The number of carbonyl (C=O) groups is 1. The van der Waals surface area contributed by atoms with E-state index in [-0.39, 0.29) is 18.7 Å². The van der Waals surface area contributed by atoms with Crippen LogP contribution in [0.15, 0.2) is 36.5 Å². The molecular formula is C14H11F6N3O2. The second-order valence-electron chi connectivity index (χ2n) is 4.79. The van der Waals surface area contributed by atoms with E-state index in [0.717, 1.165) is 41.2 Å². The van der Waals surface area contributed by atoms with E-state index in [0.29, 0.717) is 0 Å². The van der Waals surface area contributed by atoms with Crippen LogP contribution >= 0.6 is 0 Å². The highest BCUT2D eigenvalue weighted by molar-refractivity contribution is 5.94. The molecule has 0 bridgehead atoms. The van der Waals surface area contributed by atoms with Crippen LogP contribution in [0.2, 0.25) is 0 Å². The number of nitrogens with zero attached hydrogens (tertiary/aromatic N) is 2. The Balaban J connectivity index is 1.85. The van der Waals surface area contributed by atoms with Crippen molar-refractivity contribution in [2.75, 3.05) is 6.54 Å². The molecule has 1 aromatic heterocycles. The second-order valence-corrected chi connectivity index (χ2v) is 4.79. The summed E-state index contributed by atoms with van der Waals surface area (Å²) in [4.78, 5) is 11.8. The first-order valence-corrected chi connectivity index (χ1v) is 6.79. The monoisotopic (exact) mass is 367 g/mol. The van der Waals surface area contributed by atoms with Crippen LogP contribution in [0.25, 0.3) is 0 Å². The molecule has 11 heteroatoms. The Morgan fingerprint density at radius 3 is 2.24 bits per heavy atom. The van der Waals surface area contributed by atoms with E-state index in [4.69, 9.17) is 0 Å². The summed E-state index contributed by atoms with van der Waals surface area (Å²) in [7, 11) is 0. The quantitative estimate of drug-likeness (QED) is 0.826. The van der Waals surface area contributed by atoms with Gasteiger partial charge in [-0.25, -0.2) is 0 Å². The average Bonchev–Trinajstić information content (AvgIpc) is 2.95. The minimum absolute atomic E-state index is 0.00289. The van der Waals surface area contributed by atoms with Gasteiger partial charge in [-0.15, -0.1) is 13.2 Å². The number of rotatable bonds is 5. The topological polar surface area (TPSA) is 56.2 Å². The molecule has 0 aliphatic heterocycles. The van der Waals surface area contributed by atoms with Crippen LogP contribution in [0.4, 0.5) is 26.3 Å². The van der Waals surface area contributed by atoms with Crippen molar-refractivity contribution < 1.29 is 35.9 Å². The van der Waals surface area contributed by atoms with E-state index in [1.807, 2.05) is 0 Å². The molecular weight excluding hydrogens is 356 g/mol. The predicted molar refractivity (Wildman–Crippen MR) is 72.7 cm³/mol. The summed E-state index contributed by atoms with van der Waals surface area (Å²) < 4.78 is 77.9. The molecule has 5 nitrogen and oxygen atoms in total. The second kappa shape index (κ2) is 7.03. The largest absolute Gasteiger partial charge is 0.573 e. The number of carbonyl (C=O) groups excluding carboxylic acids is 1. The first kappa shape index (κ1) is 18.6. The minimum Gasteiger partial charge on any atom is -0.406 e. The van der Waals surface area contributed by atoms with Gasteiger partial charge >= 0.3 is 12.5 Å². The van der Waals surface area contributed by atoms with Gasteiger partial charge in [0.2, 0.25) is 0 Å².